The molecule has 2 aromatic carbocycles. The van der Waals surface area contributed by atoms with Crippen molar-refractivity contribution in [1.82, 2.24) is 9.97 Å². The molecule has 2 N–H and O–H groups in total. The largest absolute Gasteiger partial charge is 0.486 e. The van der Waals surface area contributed by atoms with Gasteiger partial charge in [0.05, 0.1) is 6.20 Å². The van der Waals surface area contributed by atoms with Gasteiger partial charge in [0.15, 0.2) is 28.8 Å². The Morgan fingerprint density at radius 2 is 1.33 bits per heavy atom. The molecule has 0 radical (unpaired) electrons. The fourth-order valence-electron chi connectivity index (χ4n) is 3.13. The van der Waals surface area contributed by atoms with Crippen molar-refractivity contribution in [2.45, 2.75) is 0 Å². The van der Waals surface area contributed by atoms with Crippen LogP contribution in [0.1, 0.15) is 5.56 Å². The number of ether oxygens (including phenoxy) is 4. The van der Waals surface area contributed by atoms with Crippen LogP contribution in [0.25, 0.3) is 0 Å². The lowest BCUT2D eigenvalue weighted by Crippen LogP contribution is -2.15. The zero-order chi connectivity index (χ0) is 20.3. The first-order valence-corrected chi connectivity index (χ1v) is 9.39. The maximum Gasteiger partial charge on any atom is 0.229 e. The lowest BCUT2D eigenvalue weighted by atomic mass is 10.2. The Balaban J connectivity index is 1.39. The summed E-state index contributed by atoms with van der Waals surface area (Å²) >= 11 is 0. The van der Waals surface area contributed by atoms with Crippen molar-refractivity contribution in [2.75, 3.05) is 37.1 Å². The van der Waals surface area contributed by atoms with Crippen LogP contribution >= 0.6 is 0 Å². The summed E-state index contributed by atoms with van der Waals surface area (Å²) in [6.45, 7) is 2.07. The van der Waals surface area contributed by atoms with Crippen LogP contribution in [0.5, 0.6) is 23.0 Å². The second kappa shape index (κ2) is 7.67. The average molecular weight is 403 g/mol. The van der Waals surface area contributed by atoms with Crippen LogP contribution < -0.4 is 29.6 Å². The Morgan fingerprint density at radius 3 is 1.93 bits per heavy atom. The van der Waals surface area contributed by atoms with Gasteiger partial charge in [0.2, 0.25) is 5.95 Å². The fraction of sp³-hybridized carbons (Fsp3) is 0.190. The number of nitriles is 1. The predicted octanol–water partition coefficient (Wildman–Crippen LogP) is 3.38. The normalized spacial score (nSPS) is 13.8. The van der Waals surface area contributed by atoms with Crippen molar-refractivity contribution in [2.24, 2.45) is 0 Å². The molecule has 9 heteroatoms. The van der Waals surface area contributed by atoms with Gasteiger partial charge in [0.25, 0.3) is 0 Å². The lowest BCUT2D eigenvalue weighted by Gasteiger charge is -2.19. The Kier molecular flexibility index (Phi) is 4.57. The van der Waals surface area contributed by atoms with Gasteiger partial charge in [-0.25, -0.2) is 4.98 Å². The summed E-state index contributed by atoms with van der Waals surface area (Å²) in [6, 6.07) is 13.1. The minimum absolute atomic E-state index is 0.317. The number of fused-ring (bicyclic) bond motifs is 2. The van der Waals surface area contributed by atoms with Crippen LogP contribution in [0.15, 0.2) is 42.6 Å². The molecule has 0 saturated carbocycles. The van der Waals surface area contributed by atoms with E-state index < -0.39 is 0 Å². The third kappa shape index (κ3) is 3.58. The van der Waals surface area contributed by atoms with Gasteiger partial charge in [-0.3, -0.25) is 0 Å². The van der Waals surface area contributed by atoms with Gasteiger partial charge < -0.3 is 29.6 Å². The molecule has 0 saturated heterocycles. The SMILES string of the molecule is N#Cc1cnc(Nc2ccc3c(c2)OCCO3)nc1Nc1ccc2c(c1)OCCO2. The van der Waals surface area contributed by atoms with E-state index in [1.165, 1.54) is 6.20 Å². The highest BCUT2D eigenvalue weighted by Crippen LogP contribution is 2.35. The van der Waals surface area contributed by atoms with E-state index in [1.807, 2.05) is 36.4 Å². The molecule has 0 fully saturated rings. The topological polar surface area (TPSA) is 111 Å². The maximum absolute atomic E-state index is 9.44. The molecule has 30 heavy (non-hydrogen) atoms. The van der Waals surface area contributed by atoms with E-state index in [9.17, 15) is 5.26 Å². The highest BCUT2D eigenvalue weighted by Gasteiger charge is 2.15. The van der Waals surface area contributed by atoms with Gasteiger partial charge in [-0.1, -0.05) is 0 Å². The van der Waals surface area contributed by atoms with Crippen LogP contribution in [-0.4, -0.2) is 36.4 Å². The zero-order valence-corrected chi connectivity index (χ0v) is 15.8. The fourth-order valence-corrected chi connectivity index (χ4v) is 3.13. The quantitative estimate of drug-likeness (QED) is 0.677. The Morgan fingerprint density at radius 1 is 0.767 bits per heavy atom. The molecule has 0 atom stereocenters. The van der Waals surface area contributed by atoms with E-state index in [0.29, 0.717) is 66.8 Å². The molecule has 3 aromatic rings. The number of aromatic nitrogens is 2. The van der Waals surface area contributed by atoms with E-state index in [1.54, 1.807) is 0 Å². The summed E-state index contributed by atoms with van der Waals surface area (Å²) in [4.78, 5) is 8.69. The molecule has 0 unspecified atom stereocenters. The van der Waals surface area contributed by atoms with Crippen molar-refractivity contribution in [3.63, 3.8) is 0 Å². The maximum atomic E-state index is 9.44. The van der Waals surface area contributed by atoms with E-state index in [-0.39, 0.29) is 0 Å². The summed E-state index contributed by atoms with van der Waals surface area (Å²) in [5.41, 5.74) is 1.78. The molecule has 1 aromatic heterocycles. The first kappa shape index (κ1) is 17.9. The molecule has 0 bridgehead atoms. The van der Waals surface area contributed by atoms with Gasteiger partial charge in [0, 0.05) is 23.5 Å². The Hall–Kier alpha value is -4.19. The van der Waals surface area contributed by atoms with Crippen LogP contribution in [0.2, 0.25) is 0 Å². The first-order valence-electron chi connectivity index (χ1n) is 9.39. The second-order valence-corrected chi connectivity index (χ2v) is 6.53. The number of anilines is 4. The summed E-state index contributed by atoms with van der Waals surface area (Å²) in [6.07, 6.45) is 1.47. The average Bonchev–Trinajstić information content (AvgIpc) is 2.79. The van der Waals surface area contributed by atoms with Gasteiger partial charge in [-0.15, -0.1) is 0 Å². The molecule has 3 heterocycles. The van der Waals surface area contributed by atoms with E-state index in [2.05, 4.69) is 26.7 Å². The Bertz CT molecular complexity index is 1140. The molecule has 0 amide bonds. The summed E-state index contributed by atoms with van der Waals surface area (Å²) in [5, 5.41) is 15.7. The molecule has 150 valence electrons. The number of rotatable bonds is 4. The molecular formula is C21H17N5O4. The van der Waals surface area contributed by atoms with Crippen molar-refractivity contribution >= 4 is 23.1 Å². The molecule has 2 aliphatic rings. The number of hydrogen-bond donors (Lipinski definition) is 2. The molecule has 2 aliphatic heterocycles. The Labute approximate surface area is 172 Å². The van der Waals surface area contributed by atoms with E-state index in [4.69, 9.17) is 18.9 Å². The summed E-state index contributed by atoms with van der Waals surface area (Å²) in [7, 11) is 0. The van der Waals surface area contributed by atoms with Gasteiger partial charge in [-0.05, 0) is 24.3 Å². The second-order valence-electron chi connectivity index (χ2n) is 6.53. The van der Waals surface area contributed by atoms with E-state index >= 15 is 0 Å². The van der Waals surface area contributed by atoms with Crippen molar-refractivity contribution in [1.29, 1.82) is 5.26 Å². The summed E-state index contributed by atoms with van der Waals surface area (Å²) in [5.74, 6) is 3.42. The first-order chi connectivity index (χ1) is 14.8. The van der Waals surface area contributed by atoms with Crippen LogP contribution in [0, 0.1) is 11.3 Å². The van der Waals surface area contributed by atoms with Gasteiger partial charge in [0.1, 0.15) is 38.1 Å². The number of hydrogen-bond acceptors (Lipinski definition) is 9. The highest BCUT2D eigenvalue weighted by atomic mass is 16.6. The van der Waals surface area contributed by atoms with Crippen LogP contribution in [-0.2, 0) is 0 Å². The van der Waals surface area contributed by atoms with Crippen LogP contribution in [0.3, 0.4) is 0 Å². The van der Waals surface area contributed by atoms with Crippen molar-refractivity contribution in [3.8, 4) is 29.1 Å². The standard InChI is InChI=1S/C21H17N5O4/c22-11-13-12-23-21(25-15-2-4-17-19(10-15)30-8-6-28-17)26-20(13)24-14-1-3-16-18(9-14)29-7-5-27-16/h1-4,9-10,12H,5-8H2,(H2,23,24,25,26). The lowest BCUT2D eigenvalue weighted by molar-refractivity contribution is 0.171. The zero-order valence-electron chi connectivity index (χ0n) is 15.8. The molecule has 5 rings (SSSR count). The number of nitrogens with one attached hydrogen (secondary N) is 2. The van der Waals surface area contributed by atoms with Crippen molar-refractivity contribution in [3.05, 3.63) is 48.2 Å². The number of nitrogens with zero attached hydrogens (tertiary/aromatic N) is 3. The molecule has 9 nitrogen and oxygen atoms in total. The monoisotopic (exact) mass is 403 g/mol. The smallest absolute Gasteiger partial charge is 0.229 e. The van der Waals surface area contributed by atoms with Gasteiger partial charge >= 0.3 is 0 Å². The minimum atomic E-state index is 0.317. The summed E-state index contributed by atoms with van der Waals surface area (Å²) < 4.78 is 22.3. The molecule has 0 spiro atoms. The van der Waals surface area contributed by atoms with Gasteiger partial charge in [-0.2, -0.15) is 10.2 Å². The molecule has 0 aliphatic carbocycles. The van der Waals surface area contributed by atoms with E-state index in [0.717, 1.165) is 11.4 Å². The number of benzene rings is 2. The third-order valence-electron chi connectivity index (χ3n) is 4.51. The predicted molar refractivity (Wildman–Crippen MR) is 108 cm³/mol. The molecular weight excluding hydrogens is 386 g/mol. The van der Waals surface area contributed by atoms with Crippen molar-refractivity contribution < 1.29 is 18.9 Å². The van der Waals surface area contributed by atoms with Crippen LogP contribution in [0.4, 0.5) is 23.1 Å². The minimum Gasteiger partial charge on any atom is -0.486 e. The highest BCUT2D eigenvalue weighted by molar-refractivity contribution is 5.67. The third-order valence-corrected chi connectivity index (χ3v) is 4.51.